The van der Waals surface area contributed by atoms with Gasteiger partial charge in [-0.15, -0.1) is 12.4 Å². The van der Waals surface area contributed by atoms with E-state index in [2.05, 4.69) is 27.3 Å². The molecule has 1 N–H and O–H groups in total. The SMILES string of the molecule is Cl.Fc1ccc(COc2ccc(Br)cc2CNCCc2ccc(Cl)cc2)cc1. The van der Waals surface area contributed by atoms with Gasteiger partial charge in [-0.1, -0.05) is 51.8 Å². The Balaban J connectivity index is 0.00000280. The lowest BCUT2D eigenvalue weighted by atomic mass is 10.1. The zero-order chi connectivity index (χ0) is 19.1. The Bertz CT molecular complexity index is 873. The second-order valence-electron chi connectivity index (χ2n) is 6.22. The number of ether oxygens (including phenoxy) is 1. The number of hydrogen-bond donors (Lipinski definition) is 1. The molecule has 3 rings (SSSR count). The molecule has 2 nitrogen and oxygen atoms in total. The van der Waals surface area contributed by atoms with Gasteiger partial charge >= 0.3 is 0 Å². The lowest BCUT2D eigenvalue weighted by molar-refractivity contribution is 0.302. The standard InChI is InChI=1S/C22H20BrClFNO.ClH/c23-19-5-10-22(27-15-17-3-8-21(25)9-4-17)18(13-19)14-26-12-11-16-1-6-20(24)7-2-16;/h1-10,13,26H,11-12,14-15H2;1H. The number of nitrogens with one attached hydrogen (secondary N) is 1. The lowest BCUT2D eigenvalue weighted by Crippen LogP contribution is -2.17. The Morgan fingerprint density at radius 3 is 2.32 bits per heavy atom. The number of halogens is 4. The lowest BCUT2D eigenvalue weighted by Gasteiger charge is -2.13. The van der Waals surface area contributed by atoms with E-state index in [4.69, 9.17) is 16.3 Å². The predicted molar refractivity (Wildman–Crippen MR) is 119 cm³/mol. The Kier molecular flexibility index (Phi) is 9.26. The minimum atomic E-state index is -0.243. The van der Waals surface area contributed by atoms with Crippen LogP contribution in [0.2, 0.25) is 5.02 Å². The van der Waals surface area contributed by atoms with Crippen LogP contribution in [0, 0.1) is 5.82 Å². The Hall–Kier alpha value is -1.59. The minimum Gasteiger partial charge on any atom is -0.489 e. The van der Waals surface area contributed by atoms with Gasteiger partial charge in [-0.3, -0.25) is 0 Å². The van der Waals surface area contributed by atoms with Crippen molar-refractivity contribution in [2.45, 2.75) is 19.6 Å². The number of hydrogen-bond acceptors (Lipinski definition) is 2. The van der Waals surface area contributed by atoms with Gasteiger partial charge in [0.2, 0.25) is 0 Å². The summed E-state index contributed by atoms with van der Waals surface area (Å²) in [6.07, 6.45) is 0.928. The van der Waals surface area contributed by atoms with Crippen LogP contribution in [-0.2, 0) is 19.6 Å². The molecule has 3 aromatic rings. The van der Waals surface area contributed by atoms with Gasteiger partial charge in [0.25, 0.3) is 0 Å². The largest absolute Gasteiger partial charge is 0.489 e. The van der Waals surface area contributed by atoms with Crippen LogP contribution in [0.15, 0.2) is 71.2 Å². The highest BCUT2D eigenvalue weighted by molar-refractivity contribution is 9.10. The van der Waals surface area contributed by atoms with Gasteiger partial charge in [-0.05, 0) is 66.6 Å². The van der Waals surface area contributed by atoms with Crippen LogP contribution < -0.4 is 10.1 Å². The molecule has 3 aromatic carbocycles. The van der Waals surface area contributed by atoms with Crippen molar-refractivity contribution < 1.29 is 9.13 Å². The first-order valence-electron chi connectivity index (χ1n) is 8.71. The van der Waals surface area contributed by atoms with Crippen molar-refractivity contribution in [1.82, 2.24) is 5.32 Å². The molecule has 0 aromatic heterocycles. The van der Waals surface area contributed by atoms with Crippen molar-refractivity contribution in [3.8, 4) is 5.75 Å². The fraction of sp³-hybridized carbons (Fsp3) is 0.182. The molecule has 148 valence electrons. The Labute approximate surface area is 184 Å². The molecular formula is C22H21BrCl2FNO. The molecule has 0 saturated heterocycles. The quantitative estimate of drug-likeness (QED) is 0.365. The van der Waals surface area contributed by atoms with Crippen molar-refractivity contribution in [1.29, 1.82) is 0 Å². The maximum Gasteiger partial charge on any atom is 0.124 e. The molecule has 0 aliphatic heterocycles. The van der Waals surface area contributed by atoms with Crippen LogP contribution in [0.5, 0.6) is 5.75 Å². The van der Waals surface area contributed by atoms with Crippen LogP contribution in [-0.4, -0.2) is 6.54 Å². The summed E-state index contributed by atoms with van der Waals surface area (Å²) in [4.78, 5) is 0. The van der Waals surface area contributed by atoms with E-state index in [1.165, 1.54) is 17.7 Å². The zero-order valence-corrected chi connectivity index (χ0v) is 18.3. The van der Waals surface area contributed by atoms with E-state index in [0.29, 0.717) is 13.2 Å². The molecule has 0 amide bonds. The second-order valence-corrected chi connectivity index (χ2v) is 7.57. The molecule has 0 saturated carbocycles. The number of benzene rings is 3. The van der Waals surface area contributed by atoms with Crippen molar-refractivity contribution in [2.24, 2.45) is 0 Å². The van der Waals surface area contributed by atoms with E-state index >= 15 is 0 Å². The van der Waals surface area contributed by atoms with Gasteiger partial charge in [0.05, 0.1) is 0 Å². The molecule has 0 aliphatic rings. The molecule has 0 bridgehead atoms. The van der Waals surface area contributed by atoms with E-state index in [-0.39, 0.29) is 18.2 Å². The monoisotopic (exact) mass is 483 g/mol. The topological polar surface area (TPSA) is 21.3 Å². The second kappa shape index (κ2) is 11.4. The van der Waals surface area contributed by atoms with Crippen LogP contribution in [0.3, 0.4) is 0 Å². The van der Waals surface area contributed by atoms with Crippen LogP contribution in [0.1, 0.15) is 16.7 Å². The first kappa shape index (κ1) is 22.7. The van der Waals surface area contributed by atoms with E-state index < -0.39 is 0 Å². The van der Waals surface area contributed by atoms with Gasteiger partial charge in [0.1, 0.15) is 18.2 Å². The molecule has 0 atom stereocenters. The summed E-state index contributed by atoms with van der Waals surface area (Å²) in [5.74, 6) is 0.578. The van der Waals surface area contributed by atoms with Gasteiger partial charge < -0.3 is 10.1 Å². The summed E-state index contributed by atoms with van der Waals surface area (Å²) in [5, 5.41) is 4.21. The fourth-order valence-electron chi connectivity index (χ4n) is 2.68. The third-order valence-corrected chi connectivity index (χ3v) is 4.89. The molecule has 0 radical (unpaired) electrons. The third kappa shape index (κ3) is 7.10. The zero-order valence-electron chi connectivity index (χ0n) is 15.1. The van der Waals surface area contributed by atoms with Gasteiger partial charge in [-0.25, -0.2) is 4.39 Å². The predicted octanol–water partition coefficient (Wildman–Crippen LogP) is 6.57. The van der Waals surface area contributed by atoms with Crippen LogP contribution in [0.25, 0.3) is 0 Å². The van der Waals surface area contributed by atoms with Crippen molar-refractivity contribution >= 4 is 39.9 Å². The molecule has 0 heterocycles. The summed E-state index contributed by atoms with van der Waals surface area (Å²) >= 11 is 9.43. The highest BCUT2D eigenvalue weighted by Crippen LogP contribution is 2.24. The summed E-state index contributed by atoms with van der Waals surface area (Å²) in [6, 6.07) is 20.2. The molecule has 0 unspecified atom stereocenters. The maximum absolute atomic E-state index is 13.0. The average Bonchev–Trinajstić information content (AvgIpc) is 2.67. The molecule has 0 spiro atoms. The molecule has 0 aliphatic carbocycles. The van der Waals surface area contributed by atoms with Crippen molar-refractivity contribution in [3.05, 3.63) is 98.7 Å². The summed E-state index contributed by atoms with van der Waals surface area (Å²) in [5.41, 5.74) is 3.25. The highest BCUT2D eigenvalue weighted by atomic mass is 79.9. The van der Waals surface area contributed by atoms with E-state index in [1.807, 2.05) is 36.4 Å². The summed E-state index contributed by atoms with van der Waals surface area (Å²) < 4.78 is 20.0. The number of rotatable bonds is 8. The Morgan fingerprint density at radius 2 is 1.61 bits per heavy atom. The smallest absolute Gasteiger partial charge is 0.124 e. The first-order valence-corrected chi connectivity index (χ1v) is 9.88. The molecule has 28 heavy (non-hydrogen) atoms. The molecule has 6 heteroatoms. The normalized spacial score (nSPS) is 10.4. The van der Waals surface area contributed by atoms with Gasteiger partial charge in [0, 0.05) is 21.6 Å². The maximum atomic E-state index is 13.0. The van der Waals surface area contributed by atoms with Crippen LogP contribution >= 0.6 is 39.9 Å². The summed E-state index contributed by atoms with van der Waals surface area (Å²) in [6.45, 7) is 1.96. The van der Waals surface area contributed by atoms with E-state index in [1.54, 1.807) is 12.1 Å². The molecule has 0 fully saturated rings. The van der Waals surface area contributed by atoms with Gasteiger partial charge in [0.15, 0.2) is 0 Å². The van der Waals surface area contributed by atoms with Gasteiger partial charge in [-0.2, -0.15) is 0 Å². The highest BCUT2D eigenvalue weighted by Gasteiger charge is 2.06. The van der Waals surface area contributed by atoms with Crippen LogP contribution in [0.4, 0.5) is 4.39 Å². The van der Waals surface area contributed by atoms with E-state index in [0.717, 1.165) is 39.3 Å². The summed E-state index contributed by atoms with van der Waals surface area (Å²) in [7, 11) is 0. The minimum absolute atomic E-state index is 0. The van der Waals surface area contributed by atoms with Crippen molar-refractivity contribution in [3.63, 3.8) is 0 Å². The fourth-order valence-corrected chi connectivity index (χ4v) is 3.21. The molecular weight excluding hydrogens is 464 g/mol. The van der Waals surface area contributed by atoms with E-state index in [9.17, 15) is 4.39 Å². The average molecular weight is 485 g/mol. The van der Waals surface area contributed by atoms with Crippen molar-refractivity contribution in [2.75, 3.05) is 6.54 Å². The first-order chi connectivity index (χ1) is 13.1. The Morgan fingerprint density at radius 1 is 0.929 bits per heavy atom. The third-order valence-electron chi connectivity index (χ3n) is 4.15.